The average Bonchev–Trinajstić information content (AvgIpc) is 2.25. The van der Waals surface area contributed by atoms with Crippen molar-refractivity contribution in [3.63, 3.8) is 0 Å². The zero-order valence-corrected chi connectivity index (χ0v) is 10.4. The Balaban J connectivity index is 4.34. The van der Waals surface area contributed by atoms with Crippen LogP contribution in [0.1, 0.15) is 46.5 Å². The van der Waals surface area contributed by atoms with Gasteiger partial charge in [0.15, 0.2) is 0 Å². The summed E-state index contributed by atoms with van der Waals surface area (Å²) in [6.45, 7) is 6.00. The second kappa shape index (κ2) is 8.13. The van der Waals surface area contributed by atoms with Crippen molar-refractivity contribution < 1.29 is 19.4 Å². The summed E-state index contributed by atoms with van der Waals surface area (Å²) in [7, 11) is 0. The van der Waals surface area contributed by atoms with E-state index in [1.165, 1.54) is 0 Å². The van der Waals surface area contributed by atoms with Crippen molar-refractivity contribution >= 4 is 11.9 Å². The third-order valence-electron chi connectivity index (χ3n) is 2.73. The molecule has 0 amide bonds. The Hall–Kier alpha value is -1.06. The predicted octanol–water partition coefficient (Wildman–Crippen LogP) is 2.47. The summed E-state index contributed by atoms with van der Waals surface area (Å²) < 4.78 is 5.07. The van der Waals surface area contributed by atoms with Crippen molar-refractivity contribution in [2.24, 2.45) is 11.8 Å². The highest BCUT2D eigenvalue weighted by Crippen LogP contribution is 2.21. The summed E-state index contributed by atoms with van der Waals surface area (Å²) in [6, 6.07) is 0. The largest absolute Gasteiger partial charge is 0.481 e. The first-order valence-corrected chi connectivity index (χ1v) is 5.97. The van der Waals surface area contributed by atoms with Crippen LogP contribution in [-0.4, -0.2) is 23.7 Å². The summed E-state index contributed by atoms with van der Waals surface area (Å²) in [5.41, 5.74) is 0. The van der Waals surface area contributed by atoms with E-state index in [0.717, 1.165) is 12.8 Å². The Labute approximate surface area is 97.0 Å². The van der Waals surface area contributed by atoms with E-state index in [9.17, 15) is 9.59 Å². The molecule has 0 aliphatic heterocycles. The average molecular weight is 230 g/mol. The van der Waals surface area contributed by atoms with E-state index in [-0.39, 0.29) is 5.97 Å². The first-order valence-electron chi connectivity index (χ1n) is 5.97. The molecule has 2 unspecified atom stereocenters. The highest BCUT2D eigenvalue weighted by Gasteiger charge is 2.31. The van der Waals surface area contributed by atoms with Crippen molar-refractivity contribution in [1.82, 2.24) is 0 Å². The number of hydrogen-bond acceptors (Lipinski definition) is 3. The first kappa shape index (κ1) is 14.9. The Morgan fingerprint density at radius 1 is 1.12 bits per heavy atom. The van der Waals surface area contributed by atoms with E-state index in [1.54, 1.807) is 6.92 Å². The van der Waals surface area contributed by atoms with Crippen LogP contribution < -0.4 is 0 Å². The van der Waals surface area contributed by atoms with Crippen LogP contribution in [0, 0.1) is 11.8 Å². The molecule has 1 N–H and O–H groups in total. The smallest absolute Gasteiger partial charge is 0.309 e. The number of carbonyl (C=O) groups excluding carboxylic acids is 1. The lowest BCUT2D eigenvalue weighted by Gasteiger charge is -2.19. The van der Waals surface area contributed by atoms with Gasteiger partial charge in [0, 0.05) is 0 Å². The van der Waals surface area contributed by atoms with Gasteiger partial charge in [-0.3, -0.25) is 9.59 Å². The minimum atomic E-state index is -0.915. The summed E-state index contributed by atoms with van der Waals surface area (Å²) in [4.78, 5) is 22.6. The van der Waals surface area contributed by atoms with Crippen molar-refractivity contribution in [3.8, 4) is 0 Å². The molecule has 0 aromatic heterocycles. The third-order valence-corrected chi connectivity index (χ3v) is 2.73. The highest BCUT2D eigenvalue weighted by molar-refractivity contribution is 5.81. The lowest BCUT2D eigenvalue weighted by atomic mass is 9.88. The van der Waals surface area contributed by atoms with Gasteiger partial charge in [0.2, 0.25) is 0 Å². The first-order chi connectivity index (χ1) is 7.58. The molecule has 0 spiro atoms. The lowest BCUT2D eigenvalue weighted by Crippen LogP contribution is -2.30. The Kier molecular flexibility index (Phi) is 7.60. The van der Waals surface area contributed by atoms with E-state index < -0.39 is 17.8 Å². The predicted molar refractivity (Wildman–Crippen MR) is 61.1 cm³/mol. The van der Waals surface area contributed by atoms with Gasteiger partial charge in [-0.1, -0.05) is 27.2 Å². The molecule has 0 aromatic rings. The fourth-order valence-electron chi connectivity index (χ4n) is 1.67. The van der Waals surface area contributed by atoms with Gasteiger partial charge in [-0.15, -0.1) is 0 Å². The van der Waals surface area contributed by atoms with Crippen molar-refractivity contribution in [3.05, 3.63) is 0 Å². The van der Waals surface area contributed by atoms with Gasteiger partial charge in [0.25, 0.3) is 0 Å². The fraction of sp³-hybridized carbons (Fsp3) is 0.833. The van der Waals surface area contributed by atoms with Gasteiger partial charge in [-0.25, -0.2) is 0 Å². The number of carbonyl (C=O) groups is 2. The third kappa shape index (κ3) is 4.64. The van der Waals surface area contributed by atoms with E-state index in [0.29, 0.717) is 19.4 Å². The zero-order chi connectivity index (χ0) is 12.6. The summed E-state index contributed by atoms with van der Waals surface area (Å²) in [6.07, 6.45) is 2.75. The van der Waals surface area contributed by atoms with Crippen LogP contribution in [0.4, 0.5) is 0 Å². The summed E-state index contributed by atoms with van der Waals surface area (Å²) in [5.74, 6) is -2.43. The van der Waals surface area contributed by atoms with Crippen LogP contribution in [0.5, 0.6) is 0 Å². The molecule has 0 aromatic carbocycles. The van der Waals surface area contributed by atoms with Crippen LogP contribution in [0.15, 0.2) is 0 Å². The summed E-state index contributed by atoms with van der Waals surface area (Å²) in [5, 5.41) is 8.99. The van der Waals surface area contributed by atoms with E-state index >= 15 is 0 Å². The fourth-order valence-corrected chi connectivity index (χ4v) is 1.67. The van der Waals surface area contributed by atoms with Crippen molar-refractivity contribution in [1.29, 1.82) is 0 Å². The molecule has 0 radical (unpaired) electrons. The molecule has 4 nitrogen and oxygen atoms in total. The van der Waals surface area contributed by atoms with Crippen LogP contribution in [0.2, 0.25) is 0 Å². The quantitative estimate of drug-likeness (QED) is 0.514. The van der Waals surface area contributed by atoms with Crippen LogP contribution in [-0.2, 0) is 14.3 Å². The number of ether oxygens (including phenoxy) is 1. The monoisotopic (exact) mass is 230 g/mol. The number of hydrogen-bond donors (Lipinski definition) is 1. The number of rotatable bonds is 8. The number of unbranched alkanes of at least 4 members (excludes halogenated alkanes) is 1. The standard InChI is InChI=1S/C12H22O4/c1-4-7-8-16-12(15)10(6-3)9(5-2)11(13)14/h9-10H,4-8H2,1-3H3,(H,13,14). The van der Waals surface area contributed by atoms with Gasteiger partial charge in [0.1, 0.15) is 0 Å². The van der Waals surface area contributed by atoms with Gasteiger partial charge in [0.05, 0.1) is 18.4 Å². The molecule has 0 aliphatic carbocycles. The Bertz CT molecular complexity index is 225. The normalized spacial score (nSPS) is 14.2. The minimum Gasteiger partial charge on any atom is -0.481 e. The number of carboxylic acids is 1. The second-order valence-electron chi connectivity index (χ2n) is 3.89. The molecular formula is C12H22O4. The molecule has 0 aliphatic rings. The van der Waals surface area contributed by atoms with E-state index in [4.69, 9.17) is 9.84 Å². The molecule has 2 atom stereocenters. The maximum Gasteiger partial charge on any atom is 0.309 e. The van der Waals surface area contributed by atoms with Crippen molar-refractivity contribution in [2.45, 2.75) is 46.5 Å². The SMILES string of the molecule is CCCCOC(=O)C(CC)C(CC)C(=O)O. The topological polar surface area (TPSA) is 63.6 Å². The van der Waals surface area contributed by atoms with E-state index in [1.807, 2.05) is 13.8 Å². The minimum absolute atomic E-state index is 0.370. The number of carboxylic acid groups (broad SMARTS) is 1. The van der Waals surface area contributed by atoms with Gasteiger partial charge in [-0.2, -0.15) is 0 Å². The van der Waals surface area contributed by atoms with Crippen LogP contribution in [0.3, 0.4) is 0 Å². The van der Waals surface area contributed by atoms with Crippen LogP contribution in [0.25, 0.3) is 0 Å². The van der Waals surface area contributed by atoms with Crippen LogP contribution >= 0.6 is 0 Å². The maximum atomic E-state index is 11.7. The van der Waals surface area contributed by atoms with Gasteiger partial charge >= 0.3 is 11.9 Å². The number of aliphatic carboxylic acids is 1. The zero-order valence-electron chi connectivity index (χ0n) is 10.4. The number of esters is 1. The Morgan fingerprint density at radius 2 is 1.69 bits per heavy atom. The second-order valence-corrected chi connectivity index (χ2v) is 3.89. The van der Waals surface area contributed by atoms with Gasteiger partial charge < -0.3 is 9.84 Å². The molecule has 0 fully saturated rings. The van der Waals surface area contributed by atoms with Gasteiger partial charge in [-0.05, 0) is 19.3 Å². The summed E-state index contributed by atoms with van der Waals surface area (Å²) >= 11 is 0. The maximum absolute atomic E-state index is 11.7. The molecule has 0 bridgehead atoms. The van der Waals surface area contributed by atoms with Crippen molar-refractivity contribution in [2.75, 3.05) is 6.61 Å². The molecule has 16 heavy (non-hydrogen) atoms. The molecule has 0 saturated heterocycles. The molecule has 94 valence electrons. The molecule has 0 heterocycles. The molecule has 0 rings (SSSR count). The lowest BCUT2D eigenvalue weighted by molar-refractivity contribution is -0.158. The molecule has 4 heteroatoms. The Morgan fingerprint density at radius 3 is 2.06 bits per heavy atom. The van der Waals surface area contributed by atoms with E-state index in [2.05, 4.69) is 0 Å². The molecular weight excluding hydrogens is 208 g/mol. The highest BCUT2D eigenvalue weighted by atomic mass is 16.5. The molecule has 0 saturated carbocycles.